The molecule has 1 aromatic carbocycles. The number of hydrogen-bond donors (Lipinski definition) is 2. The molecule has 3 rings (SSSR count). The van der Waals surface area contributed by atoms with Gasteiger partial charge in [0.05, 0.1) is 0 Å². The summed E-state index contributed by atoms with van der Waals surface area (Å²) in [6.07, 6.45) is 4.19. The van der Waals surface area contributed by atoms with Gasteiger partial charge >= 0.3 is 0 Å². The molecule has 24 heavy (non-hydrogen) atoms. The number of carbonyl (C=O) groups is 2. The fraction of sp³-hybridized carbons (Fsp3) is 0.368. The summed E-state index contributed by atoms with van der Waals surface area (Å²) >= 11 is 0. The van der Waals surface area contributed by atoms with E-state index >= 15 is 0 Å². The largest absolute Gasteiger partial charge is 0.367 e. The van der Waals surface area contributed by atoms with Crippen molar-refractivity contribution >= 4 is 11.7 Å². The highest BCUT2D eigenvalue weighted by Gasteiger charge is 2.35. The highest BCUT2D eigenvalue weighted by Crippen LogP contribution is 2.28. The summed E-state index contributed by atoms with van der Waals surface area (Å²) in [5, 5.41) is 0. The maximum absolute atomic E-state index is 12.7. The highest BCUT2D eigenvalue weighted by molar-refractivity contribution is 6.09. The Bertz CT molecular complexity index is 732. The Morgan fingerprint density at radius 1 is 1.12 bits per heavy atom. The fourth-order valence-electron chi connectivity index (χ4n) is 3.13. The summed E-state index contributed by atoms with van der Waals surface area (Å²) in [6, 6.07) is 8.73. The number of hydrogen-bond acceptors (Lipinski definition) is 3. The second kappa shape index (κ2) is 6.24. The Hall–Kier alpha value is -2.40. The van der Waals surface area contributed by atoms with Crippen LogP contribution in [0.25, 0.3) is 0 Å². The third-order valence-electron chi connectivity index (χ3n) is 4.85. The third-order valence-corrected chi connectivity index (χ3v) is 4.85. The van der Waals surface area contributed by atoms with E-state index in [1.54, 1.807) is 42.7 Å². The van der Waals surface area contributed by atoms with E-state index in [1.165, 1.54) is 0 Å². The predicted octanol–water partition coefficient (Wildman–Crippen LogP) is 2.45. The van der Waals surface area contributed by atoms with Crippen molar-refractivity contribution in [2.75, 3.05) is 13.1 Å². The number of rotatable bonds is 3. The molecule has 0 aliphatic carbocycles. The number of amides is 1. The number of nitrogens with one attached hydrogen (secondary N) is 1. The average molecular weight is 325 g/mol. The lowest BCUT2D eigenvalue weighted by Crippen LogP contribution is -2.53. The number of H-pyrrole nitrogens is 1. The summed E-state index contributed by atoms with van der Waals surface area (Å²) in [7, 11) is 0. The Kier molecular flexibility index (Phi) is 4.28. The van der Waals surface area contributed by atoms with Crippen LogP contribution in [0.3, 0.4) is 0 Å². The van der Waals surface area contributed by atoms with Crippen molar-refractivity contribution < 1.29 is 9.59 Å². The lowest BCUT2D eigenvalue weighted by molar-refractivity contribution is 0.0533. The van der Waals surface area contributed by atoms with Crippen LogP contribution in [0.15, 0.2) is 42.7 Å². The molecule has 1 atom stereocenters. The van der Waals surface area contributed by atoms with Crippen LogP contribution >= 0.6 is 0 Å². The number of aromatic amines is 1. The zero-order valence-corrected chi connectivity index (χ0v) is 14.1. The van der Waals surface area contributed by atoms with Crippen molar-refractivity contribution in [2.45, 2.75) is 26.3 Å². The molecule has 0 saturated carbocycles. The molecule has 5 nitrogen and oxygen atoms in total. The van der Waals surface area contributed by atoms with Crippen molar-refractivity contribution in [3.8, 4) is 0 Å². The van der Waals surface area contributed by atoms with Crippen LogP contribution in [-0.4, -0.2) is 40.7 Å². The van der Waals surface area contributed by atoms with Gasteiger partial charge in [0.2, 0.25) is 0 Å². The van der Waals surface area contributed by atoms with Crippen LogP contribution in [0.5, 0.6) is 0 Å². The van der Waals surface area contributed by atoms with Gasteiger partial charge in [0, 0.05) is 48.2 Å². The number of aromatic nitrogens is 1. The number of benzene rings is 1. The molecular weight excluding hydrogens is 302 g/mol. The first kappa shape index (κ1) is 16.5. The minimum atomic E-state index is -0.0852. The first-order valence-corrected chi connectivity index (χ1v) is 8.21. The van der Waals surface area contributed by atoms with Crippen LogP contribution < -0.4 is 5.73 Å². The molecule has 0 spiro atoms. The molecular formula is C19H23N3O2. The van der Waals surface area contributed by atoms with Gasteiger partial charge in [0.25, 0.3) is 5.91 Å². The molecule has 2 aromatic rings. The van der Waals surface area contributed by atoms with Gasteiger partial charge in [-0.25, -0.2) is 0 Å². The molecule has 1 amide bonds. The summed E-state index contributed by atoms with van der Waals surface area (Å²) in [5.74, 6) is -0.0593. The first-order chi connectivity index (χ1) is 11.4. The SMILES string of the molecule is CC1(C)CN(C(=O)c2ccc(C(=O)c3cc[nH]c3)cc2)CCC1N. The van der Waals surface area contributed by atoms with Crippen molar-refractivity contribution in [1.82, 2.24) is 9.88 Å². The minimum Gasteiger partial charge on any atom is -0.367 e. The normalized spacial score (nSPS) is 20.0. The van der Waals surface area contributed by atoms with Gasteiger partial charge in [-0.3, -0.25) is 9.59 Å². The summed E-state index contributed by atoms with van der Waals surface area (Å²) in [4.78, 5) is 29.7. The molecule has 0 bridgehead atoms. The molecule has 1 unspecified atom stereocenters. The van der Waals surface area contributed by atoms with E-state index in [0.717, 1.165) is 6.42 Å². The number of piperidine rings is 1. The van der Waals surface area contributed by atoms with E-state index in [9.17, 15) is 9.59 Å². The Balaban J connectivity index is 1.74. The lowest BCUT2D eigenvalue weighted by atomic mass is 9.79. The van der Waals surface area contributed by atoms with Gasteiger partial charge < -0.3 is 15.6 Å². The maximum Gasteiger partial charge on any atom is 0.253 e. The predicted molar refractivity (Wildman–Crippen MR) is 92.9 cm³/mol. The Morgan fingerprint density at radius 2 is 1.79 bits per heavy atom. The smallest absolute Gasteiger partial charge is 0.253 e. The average Bonchev–Trinajstić information content (AvgIpc) is 3.10. The monoisotopic (exact) mass is 325 g/mol. The summed E-state index contributed by atoms with van der Waals surface area (Å²) in [5.41, 5.74) is 7.84. The Morgan fingerprint density at radius 3 is 2.38 bits per heavy atom. The molecule has 1 aromatic heterocycles. The van der Waals surface area contributed by atoms with Crippen molar-refractivity contribution in [3.63, 3.8) is 0 Å². The zero-order chi connectivity index (χ0) is 17.3. The van der Waals surface area contributed by atoms with Crippen LogP contribution in [0.1, 0.15) is 46.5 Å². The molecule has 1 saturated heterocycles. The first-order valence-electron chi connectivity index (χ1n) is 8.21. The van der Waals surface area contributed by atoms with Crippen molar-refractivity contribution in [2.24, 2.45) is 11.1 Å². The van der Waals surface area contributed by atoms with E-state index < -0.39 is 0 Å². The van der Waals surface area contributed by atoms with E-state index in [2.05, 4.69) is 18.8 Å². The molecule has 1 aliphatic rings. The van der Waals surface area contributed by atoms with Gasteiger partial charge in [0.1, 0.15) is 0 Å². The van der Waals surface area contributed by atoms with Crippen molar-refractivity contribution in [1.29, 1.82) is 0 Å². The zero-order valence-electron chi connectivity index (χ0n) is 14.1. The van der Waals surface area contributed by atoms with Gasteiger partial charge in [-0.2, -0.15) is 0 Å². The van der Waals surface area contributed by atoms with E-state index in [1.807, 2.05) is 4.90 Å². The van der Waals surface area contributed by atoms with Crippen LogP contribution in [0.2, 0.25) is 0 Å². The maximum atomic E-state index is 12.7. The van der Waals surface area contributed by atoms with Crippen LogP contribution in [0.4, 0.5) is 0 Å². The quantitative estimate of drug-likeness (QED) is 0.851. The number of likely N-dealkylation sites (tertiary alicyclic amines) is 1. The summed E-state index contributed by atoms with van der Waals surface area (Å²) < 4.78 is 0. The Labute approximate surface area is 141 Å². The molecule has 5 heteroatoms. The van der Waals surface area contributed by atoms with Crippen LogP contribution in [0, 0.1) is 5.41 Å². The number of ketones is 1. The third kappa shape index (κ3) is 3.12. The van der Waals surface area contributed by atoms with Gasteiger partial charge in [-0.15, -0.1) is 0 Å². The lowest BCUT2D eigenvalue weighted by Gasteiger charge is -2.42. The van der Waals surface area contributed by atoms with E-state index in [4.69, 9.17) is 5.73 Å². The van der Waals surface area contributed by atoms with Gasteiger partial charge in [0.15, 0.2) is 5.78 Å². The van der Waals surface area contributed by atoms with Gasteiger partial charge in [-0.05, 0) is 30.0 Å². The molecule has 2 heterocycles. The molecule has 1 fully saturated rings. The number of nitrogens with two attached hydrogens (primary N) is 1. The van der Waals surface area contributed by atoms with E-state index in [-0.39, 0.29) is 23.1 Å². The topological polar surface area (TPSA) is 79.2 Å². The standard InChI is InChI=1S/C19H23N3O2/c1-19(2)12-22(10-8-16(19)20)18(24)14-5-3-13(4-6-14)17(23)15-7-9-21-11-15/h3-7,9,11,16,21H,8,10,12,20H2,1-2H3. The van der Waals surface area contributed by atoms with Gasteiger partial charge in [-0.1, -0.05) is 26.0 Å². The second-order valence-corrected chi connectivity index (χ2v) is 7.12. The van der Waals surface area contributed by atoms with E-state index in [0.29, 0.717) is 29.8 Å². The molecule has 126 valence electrons. The molecule has 3 N–H and O–H groups in total. The minimum absolute atomic E-state index is 0.00406. The summed E-state index contributed by atoms with van der Waals surface area (Å²) in [6.45, 7) is 5.51. The molecule has 1 aliphatic heterocycles. The molecule has 0 radical (unpaired) electrons. The number of nitrogens with zero attached hydrogens (tertiary/aromatic N) is 1. The second-order valence-electron chi connectivity index (χ2n) is 7.12. The van der Waals surface area contributed by atoms with Crippen LogP contribution in [-0.2, 0) is 0 Å². The number of carbonyl (C=O) groups excluding carboxylic acids is 2. The fourth-order valence-corrected chi connectivity index (χ4v) is 3.13. The van der Waals surface area contributed by atoms with Crippen molar-refractivity contribution in [3.05, 3.63) is 59.4 Å². The highest BCUT2D eigenvalue weighted by atomic mass is 16.2.